The Kier molecular flexibility index (Phi) is 2.57. The molecular formula is C11H12FNO. The van der Waals surface area contributed by atoms with Gasteiger partial charge in [-0.15, -0.1) is 0 Å². The normalized spacial score (nSPS) is 15.5. The lowest BCUT2D eigenvalue weighted by molar-refractivity contribution is -0.120. The average molecular weight is 193 g/mol. The molecule has 1 fully saturated rings. The molecule has 74 valence electrons. The summed E-state index contributed by atoms with van der Waals surface area (Å²) in [7, 11) is 0. The fourth-order valence-corrected chi connectivity index (χ4v) is 1.47. The summed E-state index contributed by atoms with van der Waals surface area (Å²) in [5.41, 5.74) is 0.805. The molecule has 0 bridgehead atoms. The maximum absolute atomic E-state index is 12.7. The van der Waals surface area contributed by atoms with Gasteiger partial charge in [-0.05, 0) is 30.9 Å². The van der Waals surface area contributed by atoms with Crippen LogP contribution in [0.25, 0.3) is 0 Å². The van der Waals surface area contributed by atoms with Crippen molar-refractivity contribution >= 4 is 5.78 Å². The van der Waals surface area contributed by atoms with Crippen molar-refractivity contribution in [3.05, 3.63) is 29.8 Å². The number of nitrogens with zero attached hydrogens (tertiary/aromatic N) is 1. The predicted molar refractivity (Wildman–Crippen MR) is 50.2 cm³/mol. The van der Waals surface area contributed by atoms with E-state index in [1.54, 1.807) is 6.20 Å². The molecule has 2 nitrogen and oxygen atoms in total. The van der Waals surface area contributed by atoms with Gasteiger partial charge in [0.1, 0.15) is 11.6 Å². The minimum atomic E-state index is -0.332. The summed E-state index contributed by atoms with van der Waals surface area (Å²) in [4.78, 5) is 15.1. The molecular weight excluding hydrogens is 181 g/mol. The highest BCUT2D eigenvalue weighted by molar-refractivity contribution is 5.83. The monoisotopic (exact) mass is 193 g/mol. The van der Waals surface area contributed by atoms with E-state index in [0.29, 0.717) is 24.5 Å². The molecule has 0 N–H and O–H groups in total. The number of pyridine rings is 1. The fourth-order valence-electron chi connectivity index (χ4n) is 1.47. The average Bonchev–Trinajstić information content (AvgIpc) is 2.97. The van der Waals surface area contributed by atoms with Crippen LogP contribution in [0.2, 0.25) is 0 Å². The third kappa shape index (κ3) is 2.37. The molecule has 0 unspecified atom stereocenters. The van der Waals surface area contributed by atoms with Gasteiger partial charge in [0, 0.05) is 18.5 Å². The maximum Gasteiger partial charge on any atom is 0.141 e. The second-order valence-electron chi connectivity index (χ2n) is 3.75. The van der Waals surface area contributed by atoms with Crippen molar-refractivity contribution < 1.29 is 9.18 Å². The van der Waals surface area contributed by atoms with E-state index in [1.807, 2.05) is 0 Å². The number of rotatable bonds is 4. The number of Topliss-reactive ketones (excluding diaryl/α,β-unsaturated/α-hetero) is 1. The minimum absolute atomic E-state index is 0.302. The topological polar surface area (TPSA) is 30.0 Å². The van der Waals surface area contributed by atoms with Crippen molar-refractivity contribution in [2.24, 2.45) is 5.92 Å². The first kappa shape index (κ1) is 9.31. The Morgan fingerprint density at radius 2 is 2.29 bits per heavy atom. The first-order valence-electron chi connectivity index (χ1n) is 4.88. The summed E-state index contributed by atoms with van der Waals surface area (Å²) in [6.07, 6.45) is 6.01. The zero-order chi connectivity index (χ0) is 9.97. The molecule has 0 radical (unpaired) electrons. The molecule has 0 aliphatic heterocycles. The van der Waals surface area contributed by atoms with Gasteiger partial charge in [0.15, 0.2) is 0 Å². The second kappa shape index (κ2) is 3.86. The van der Waals surface area contributed by atoms with Crippen LogP contribution in [0.1, 0.15) is 24.8 Å². The van der Waals surface area contributed by atoms with Crippen LogP contribution >= 0.6 is 0 Å². The maximum atomic E-state index is 12.7. The summed E-state index contributed by atoms with van der Waals surface area (Å²) in [5.74, 6) is 0.284. The SMILES string of the molecule is O=C(CCc1cncc(F)c1)C1CC1. The van der Waals surface area contributed by atoms with Gasteiger partial charge in [-0.1, -0.05) is 0 Å². The molecule has 1 aromatic heterocycles. The number of aryl methyl sites for hydroxylation is 1. The van der Waals surface area contributed by atoms with E-state index in [1.165, 1.54) is 12.3 Å². The molecule has 0 atom stereocenters. The van der Waals surface area contributed by atoms with Gasteiger partial charge in [0.25, 0.3) is 0 Å². The first-order valence-corrected chi connectivity index (χ1v) is 4.88. The van der Waals surface area contributed by atoms with Crippen LogP contribution in [0.3, 0.4) is 0 Å². The Hall–Kier alpha value is -1.25. The molecule has 0 aromatic carbocycles. The van der Waals surface area contributed by atoms with Crippen LogP contribution in [-0.2, 0) is 11.2 Å². The Balaban J connectivity index is 1.87. The molecule has 0 amide bonds. The number of carbonyl (C=O) groups is 1. The summed E-state index contributed by atoms with van der Waals surface area (Å²) in [6, 6.07) is 1.44. The van der Waals surface area contributed by atoms with E-state index < -0.39 is 0 Å². The summed E-state index contributed by atoms with van der Waals surface area (Å²) < 4.78 is 12.7. The number of halogens is 1. The molecule has 3 heteroatoms. The third-order valence-electron chi connectivity index (χ3n) is 2.45. The summed E-state index contributed by atoms with van der Waals surface area (Å²) in [6.45, 7) is 0. The van der Waals surface area contributed by atoms with Crippen molar-refractivity contribution in [1.29, 1.82) is 0 Å². The van der Waals surface area contributed by atoms with Crippen LogP contribution < -0.4 is 0 Å². The third-order valence-corrected chi connectivity index (χ3v) is 2.45. The van der Waals surface area contributed by atoms with Crippen molar-refractivity contribution in [2.75, 3.05) is 0 Å². The molecule has 0 spiro atoms. The molecule has 0 saturated heterocycles. The van der Waals surface area contributed by atoms with E-state index >= 15 is 0 Å². The Morgan fingerprint density at radius 1 is 1.50 bits per heavy atom. The number of ketones is 1. The zero-order valence-corrected chi connectivity index (χ0v) is 7.87. The standard InChI is InChI=1S/C11H12FNO/c12-10-5-8(6-13-7-10)1-4-11(14)9-2-3-9/h5-7,9H,1-4H2. The number of aromatic nitrogens is 1. The lowest BCUT2D eigenvalue weighted by Crippen LogP contribution is -2.02. The molecule has 1 heterocycles. The summed E-state index contributed by atoms with van der Waals surface area (Å²) in [5, 5.41) is 0. The van der Waals surface area contributed by atoms with Gasteiger partial charge < -0.3 is 0 Å². The van der Waals surface area contributed by atoms with Crippen LogP contribution in [0.15, 0.2) is 18.5 Å². The van der Waals surface area contributed by atoms with Gasteiger partial charge in [-0.25, -0.2) is 4.39 Å². The molecule has 1 saturated carbocycles. The van der Waals surface area contributed by atoms with Crippen LogP contribution in [0.5, 0.6) is 0 Å². The van der Waals surface area contributed by atoms with Gasteiger partial charge in [0.2, 0.25) is 0 Å². The number of hydrogen-bond donors (Lipinski definition) is 0. The van der Waals surface area contributed by atoms with Crippen LogP contribution in [0.4, 0.5) is 4.39 Å². The smallest absolute Gasteiger partial charge is 0.141 e. The lowest BCUT2D eigenvalue weighted by Gasteiger charge is -1.99. The Labute approximate surface area is 82.2 Å². The van der Waals surface area contributed by atoms with Crippen LogP contribution in [0, 0.1) is 11.7 Å². The molecule has 1 aromatic rings. The van der Waals surface area contributed by atoms with Gasteiger partial charge >= 0.3 is 0 Å². The Morgan fingerprint density at radius 3 is 2.93 bits per heavy atom. The highest BCUT2D eigenvalue weighted by Crippen LogP contribution is 2.31. The molecule has 2 rings (SSSR count). The first-order chi connectivity index (χ1) is 6.75. The van der Waals surface area contributed by atoms with E-state index in [2.05, 4.69) is 4.98 Å². The summed E-state index contributed by atoms with van der Waals surface area (Å²) >= 11 is 0. The van der Waals surface area contributed by atoms with Crippen molar-refractivity contribution in [1.82, 2.24) is 4.98 Å². The lowest BCUT2D eigenvalue weighted by atomic mass is 10.1. The number of hydrogen-bond acceptors (Lipinski definition) is 2. The molecule has 1 aliphatic carbocycles. The minimum Gasteiger partial charge on any atom is -0.299 e. The zero-order valence-electron chi connectivity index (χ0n) is 7.87. The van der Waals surface area contributed by atoms with Gasteiger partial charge in [0.05, 0.1) is 6.20 Å². The second-order valence-corrected chi connectivity index (χ2v) is 3.75. The van der Waals surface area contributed by atoms with Crippen molar-refractivity contribution in [2.45, 2.75) is 25.7 Å². The fraction of sp³-hybridized carbons (Fsp3) is 0.455. The largest absolute Gasteiger partial charge is 0.299 e. The number of carbonyl (C=O) groups excluding carboxylic acids is 1. The van der Waals surface area contributed by atoms with Crippen LogP contribution in [-0.4, -0.2) is 10.8 Å². The molecule has 14 heavy (non-hydrogen) atoms. The van der Waals surface area contributed by atoms with E-state index in [-0.39, 0.29) is 5.82 Å². The van der Waals surface area contributed by atoms with E-state index in [0.717, 1.165) is 18.4 Å². The van der Waals surface area contributed by atoms with E-state index in [9.17, 15) is 9.18 Å². The highest BCUT2D eigenvalue weighted by Gasteiger charge is 2.28. The predicted octanol–water partition coefficient (Wildman–Crippen LogP) is 2.13. The molecule has 1 aliphatic rings. The van der Waals surface area contributed by atoms with Gasteiger partial charge in [-0.3, -0.25) is 9.78 Å². The van der Waals surface area contributed by atoms with E-state index in [4.69, 9.17) is 0 Å². The van der Waals surface area contributed by atoms with Gasteiger partial charge in [-0.2, -0.15) is 0 Å². The van der Waals surface area contributed by atoms with Crippen molar-refractivity contribution in [3.63, 3.8) is 0 Å². The van der Waals surface area contributed by atoms with Crippen molar-refractivity contribution in [3.8, 4) is 0 Å². The highest BCUT2D eigenvalue weighted by atomic mass is 19.1. The Bertz CT molecular complexity index is 347. The quantitative estimate of drug-likeness (QED) is 0.733.